The summed E-state index contributed by atoms with van der Waals surface area (Å²) in [7, 11) is -3.33. The van der Waals surface area contributed by atoms with Gasteiger partial charge in [-0.05, 0) is 30.5 Å². The van der Waals surface area contributed by atoms with Crippen molar-refractivity contribution in [1.82, 2.24) is 4.98 Å². The lowest BCUT2D eigenvalue weighted by atomic mass is 10.2. The molecule has 1 atom stereocenters. The van der Waals surface area contributed by atoms with Crippen molar-refractivity contribution in [1.29, 1.82) is 0 Å². The van der Waals surface area contributed by atoms with E-state index < -0.39 is 9.84 Å². The molecule has 5 nitrogen and oxygen atoms in total. The quantitative estimate of drug-likeness (QED) is 0.872. The number of fused-ring (bicyclic) bond motifs is 1. The van der Waals surface area contributed by atoms with E-state index in [0.717, 1.165) is 11.1 Å². The Morgan fingerprint density at radius 1 is 1.47 bits per heavy atom. The fourth-order valence-corrected chi connectivity index (χ4v) is 5.14. The van der Waals surface area contributed by atoms with Gasteiger partial charge in [0.25, 0.3) is 0 Å². The van der Waals surface area contributed by atoms with E-state index in [0.29, 0.717) is 24.4 Å². The predicted octanol–water partition coefficient (Wildman–Crippen LogP) is 1.69. The van der Waals surface area contributed by atoms with Crippen molar-refractivity contribution >= 4 is 37.1 Å². The van der Waals surface area contributed by atoms with Gasteiger partial charge in [0, 0.05) is 12.3 Å². The Kier molecular flexibility index (Phi) is 3.20. The van der Waals surface area contributed by atoms with Crippen molar-refractivity contribution in [3.05, 3.63) is 18.2 Å². The minimum absolute atomic E-state index is 0.0853. The summed E-state index contributed by atoms with van der Waals surface area (Å²) in [5, 5.41) is 0. The molecule has 1 aliphatic rings. The zero-order valence-corrected chi connectivity index (χ0v) is 11.8. The molecule has 0 bridgehead atoms. The summed E-state index contributed by atoms with van der Waals surface area (Å²) in [6.45, 7) is 1.17. The average molecular weight is 298 g/mol. The number of sulfone groups is 1. The number of hydrogen-bond acceptors (Lipinski definition) is 6. The second-order valence-electron chi connectivity index (χ2n) is 4.72. The summed E-state index contributed by atoms with van der Waals surface area (Å²) in [6.07, 6.45) is 0.803. The van der Waals surface area contributed by atoms with Crippen LogP contribution < -0.4 is 5.73 Å². The van der Waals surface area contributed by atoms with Crippen LogP contribution in [-0.2, 0) is 14.6 Å². The van der Waals surface area contributed by atoms with E-state index in [9.17, 15) is 8.42 Å². The lowest BCUT2D eigenvalue weighted by Gasteiger charge is -2.05. The zero-order chi connectivity index (χ0) is 13.5. The molecule has 0 spiro atoms. The topological polar surface area (TPSA) is 82.3 Å². The number of aromatic nitrogens is 1. The molecule has 1 aromatic heterocycles. The maximum atomic E-state index is 12.3. The minimum Gasteiger partial charge on any atom is -0.399 e. The number of rotatable bonds is 3. The molecule has 2 heterocycles. The number of hydrogen-bond donors (Lipinski definition) is 1. The van der Waals surface area contributed by atoms with Crippen LogP contribution in [0.25, 0.3) is 10.2 Å². The Hall–Kier alpha value is -1.18. The molecule has 0 saturated carbocycles. The van der Waals surface area contributed by atoms with E-state index in [1.807, 2.05) is 0 Å². The van der Waals surface area contributed by atoms with E-state index in [-0.39, 0.29) is 16.0 Å². The highest BCUT2D eigenvalue weighted by Gasteiger charge is 2.27. The van der Waals surface area contributed by atoms with Gasteiger partial charge >= 0.3 is 0 Å². The van der Waals surface area contributed by atoms with Crippen molar-refractivity contribution in [3.8, 4) is 0 Å². The van der Waals surface area contributed by atoms with Crippen LogP contribution in [0.4, 0.5) is 5.69 Å². The number of nitrogen functional groups attached to an aromatic ring is 1. The summed E-state index contributed by atoms with van der Waals surface area (Å²) in [5.41, 5.74) is 6.98. The lowest BCUT2D eigenvalue weighted by molar-refractivity contribution is 0.188. The molecule has 1 saturated heterocycles. The largest absolute Gasteiger partial charge is 0.399 e. The molecule has 0 radical (unpaired) electrons. The number of thiazole rings is 1. The molecule has 1 aromatic carbocycles. The van der Waals surface area contributed by atoms with Gasteiger partial charge in [-0.1, -0.05) is 0 Å². The van der Waals surface area contributed by atoms with E-state index in [1.54, 1.807) is 18.2 Å². The van der Waals surface area contributed by atoms with Gasteiger partial charge in [0.05, 0.1) is 22.6 Å². The third kappa shape index (κ3) is 2.58. The molecule has 0 amide bonds. The van der Waals surface area contributed by atoms with Gasteiger partial charge < -0.3 is 10.5 Å². The first kappa shape index (κ1) is 12.8. The van der Waals surface area contributed by atoms with E-state index in [2.05, 4.69) is 4.98 Å². The highest BCUT2D eigenvalue weighted by Crippen LogP contribution is 2.29. The zero-order valence-electron chi connectivity index (χ0n) is 10.2. The summed E-state index contributed by atoms with van der Waals surface area (Å²) < 4.78 is 30.8. The normalized spacial score (nSPS) is 20.1. The Bertz CT molecular complexity index is 703. The molecule has 19 heavy (non-hydrogen) atoms. The van der Waals surface area contributed by atoms with Crippen LogP contribution in [0.3, 0.4) is 0 Å². The van der Waals surface area contributed by atoms with E-state index >= 15 is 0 Å². The first-order chi connectivity index (χ1) is 9.04. The van der Waals surface area contributed by atoms with Crippen molar-refractivity contribution < 1.29 is 13.2 Å². The number of benzene rings is 1. The highest BCUT2D eigenvalue weighted by molar-refractivity contribution is 7.93. The molecule has 7 heteroatoms. The van der Waals surface area contributed by atoms with Gasteiger partial charge in [-0.2, -0.15) is 0 Å². The van der Waals surface area contributed by atoms with Crippen molar-refractivity contribution in [3.63, 3.8) is 0 Å². The van der Waals surface area contributed by atoms with Crippen LogP contribution in [0.1, 0.15) is 6.42 Å². The van der Waals surface area contributed by atoms with E-state index in [4.69, 9.17) is 10.5 Å². The number of ether oxygens (including phenoxy) is 1. The Morgan fingerprint density at radius 3 is 3.05 bits per heavy atom. The first-order valence-corrected chi connectivity index (χ1v) is 8.48. The van der Waals surface area contributed by atoms with Gasteiger partial charge in [0.15, 0.2) is 0 Å². The monoisotopic (exact) mass is 298 g/mol. The summed E-state index contributed by atoms with van der Waals surface area (Å²) >= 11 is 1.18. The van der Waals surface area contributed by atoms with Crippen LogP contribution in [0.2, 0.25) is 0 Å². The fraction of sp³-hybridized carbons (Fsp3) is 0.417. The molecule has 2 aromatic rings. The molecule has 1 aliphatic heterocycles. The van der Waals surface area contributed by atoms with E-state index in [1.165, 1.54) is 11.3 Å². The third-order valence-corrected chi connectivity index (χ3v) is 6.50. The average Bonchev–Trinajstić information content (AvgIpc) is 2.96. The summed E-state index contributed by atoms with van der Waals surface area (Å²) in [6, 6.07) is 5.23. The fourth-order valence-electron chi connectivity index (χ4n) is 2.15. The Balaban J connectivity index is 1.93. The smallest absolute Gasteiger partial charge is 0.210 e. The second-order valence-corrected chi connectivity index (χ2v) is 7.96. The Labute approximate surface area is 115 Å². The highest BCUT2D eigenvalue weighted by atomic mass is 32.2. The SMILES string of the molecule is Nc1ccc2nc(S(=O)(=O)CC3CCOC3)sc2c1. The number of anilines is 1. The maximum absolute atomic E-state index is 12.3. The van der Waals surface area contributed by atoms with Crippen molar-refractivity contribution in [2.24, 2.45) is 5.92 Å². The summed E-state index contributed by atoms with van der Waals surface area (Å²) in [5.74, 6) is 0.199. The van der Waals surface area contributed by atoms with Crippen LogP contribution in [0.5, 0.6) is 0 Å². The molecule has 102 valence electrons. The number of nitrogens with two attached hydrogens (primary N) is 1. The molecule has 1 fully saturated rings. The van der Waals surface area contributed by atoms with Gasteiger partial charge in [-0.15, -0.1) is 11.3 Å². The maximum Gasteiger partial charge on any atom is 0.210 e. The molecular weight excluding hydrogens is 284 g/mol. The minimum atomic E-state index is -3.33. The molecular formula is C12H14N2O3S2. The van der Waals surface area contributed by atoms with Gasteiger partial charge in [-0.3, -0.25) is 0 Å². The predicted molar refractivity (Wildman–Crippen MR) is 75.0 cm³/mol. The molecule has 1 unspecified atom stereocenters. The first-order valence-electron chi connectivity index (χ1n) is 6.01. The van der Waals surface area contributed by atoms with Crippen molar-refractivity contribution in [2.45, 2.75) is 10.8 Å². The van der Waals surface area contributed by atoms with Crippen LogP contribution >= 0.6 is 11.3 Å². The van der Waals surface area contributed by atoms with Crippen LogP contribution in [0, 0.1) is 5.92 Å². The standard InChI is InChI=1S/C12H14N2O3S2/c13-9-1-2-10-11(5-9)18-12(14-10)19(15,16)7-8-3-4-17-6-8/h1-2,5,8H,3-4,6-7,13H2. The molecule has 0 aliphatic carbocycles. The molecule has 2 N–H and O–H groups in total. The van der Waals surface area contributed by atoms with Crippen molar-refractivity contribution in [2.75, 3.05) is 24.7 Å². The van der Waals surface area contributed by atoms with Gasteiger partial charge in [0.1, 0.15) is 0 Å². The Morgan fingerprint density at radius 2 is 2.32 bits per heavy atom. The van der Waals surface area contributed by atoms with Gasteiger partial charge in [-0.25, -0.2) is 13.4 Å². The van der Waals surface area contributed by atoms with Crippen LogP contribution in [-0.4, -0.2) is 32.4 Å². The van der Waals surface area contributed by atoms with Gasteiger partial charge in [0.2, 0.25) is 14.2 Å². The second kappa shape index (κ2) is 4.73. The number of nitrogens with zero attached hydrogens (tertiary/aromatic N) is 1. The summed E-state index contributed by atoms with van der Waals surface area (Å²) in [4.78, 5) is 4.20. The molecule has 3 rings (SSSR count). The lowest BCUT2D eigenvalue weighted by Crippen LogP contribution is -2.16. The third-order valence-electron chi connectivity index (χ3n) is 3.14. The van der Waals surface area contributed by atoms with Crippen LogP contribution in [0.15, 0.2) is 22.5 Å².